The van der Waals surface area contributed by atoms with Crippen LogP contribution in [0.15, 0.2) is 34.3 Å². The Morgan fingerprint density at radius 1 is 1.34 bits per heavy atom. The number of hydrogen-bond donors (Lipinski definition) is 1. The molecule has 1 unspecified atom stereocenters. The fourth-order valence-corrected chi connectivity index (χ4v) is 6.21. The Labute approximate surface area is 176 Å². The van der Waals surface area contributed by atoms with Crippen molar-refractivity contribution in [3.8, 4) is 0 Å². The van der Waals surface area contributed by atoms with Crippen molar-refractivity contribution in [2.24, 2.45) is 13.0 Å². The first kappa shape index (κ1) is 22.0. The topological polar surface area (TPSA) is 93.9 Å². The zero-order chi connectivity index (χ0) is 21.0. The lowest BCUT2D eigenvalue weighted by atomic mass is 10.1. The molecule has 0 aliphatic carbocycles. The summed E-state index contributed by atoms with van der Waals surface area (Å²) in [5.74, 6) is -1.79. The molecule has 1 aromatic carbocycles. The number of hydrogen-bond acceptors (Lipinski definition) is 7. The zero-order valence-electron chi connectivity index (χ0n) is 15.5. The van der Waals surface area contributed by atoms with Crippen LogP contribution in [-0.4, -0.2) is 52.1 Å². The summed E-state index contributed by atoms with van der Waals surface area (Å²) in [6.45, 7) is 0. The molecular formula is C17H20F2N4O3S3. The van der Waals surface area contributed by atoms with Gasteiger partial charge >= 0.3 is 0 Å². The third kappa shape index (κ3) is 6.16. The molecular weight excluding hydrogens is 442 g/mol. The van der Waals surface area contributed by atoms with Crippen molar-refractivity contribution in [1.29, 1.82) is 0 Å². The summed E-state index contributed by atoms with van der Waals surface area (Å²) in [6.07, 6.45) is 1.14. The number of carbonyl (C=O) groups is 1. The number of alkyl halides is 2. The van der Waals surface area contributed by atoms with Crippen LogP contribution in [0.25, 0.3) is 0 Å². The second-order valence-corrected chi connectivity index (χ2v) is 10.8. The number of sulfone groups is 1. The summed E-state index contributed by atoms with van der Waals surface area (Å²) < 4.78 is 50.2. The quantitative estimate of drug-likeness (QED) is 0.603. The van der Waals surface area contributed by atoms with E-state index in [4.69, 9.17) is 0 Å². The molecule has 12 heteroatoms. The first-order valence-electron chi connectivity index (χ1n) is 8.78. The van der Waals surface area contributed by atoms with E-state index in [1.807, 2.05) is 0 Å². The molecule has 1 saturated heterocycles. The third-order valence-corrected chi connectivity index (χ3v) is 8.08. The van der Waals surface area contributed by atoms with Gasteiger partial charge in [0.2, 0.25) is 5.91 Å². The van der Waals surface area contributed by atoms with Crippen molar-refractivity contribution in [3.63, 3.8) is 0 Å². The van der Waals surface area contributed by atoms with E-state index in [2.05, 4.69) is 15.5 Å². The molecule has 2 heterocycles. The summed E-state index contributed by atoms with van der Waals surface area (Å²) in [6, 6.07) is 6.39. The molecule has 1 amide bonds. The van der Waals surface area contributed by atoms with Gasteiger partial charge in [0.25, 0.3) is 5.76 Å². The Hall–Kier alpha value is -1.66. The minimum Gasteiger partial charge on any atom is -0.324 e. The Bertz CT molecular complexity index is 982. The van der Waals surface area contributed by atoms with Crippen LogP contribution < -0.4 is 5.32 Å². The lowest BCUT2D eigenvalue weighted by Gasteiger charge is -2.10. The lowest BCUT2D eigenvalue weighted by molar-refractivity contribution is -0.113. The summed E-state index contributed by atoms with van der Waals surface area (Å²) in [5, 5.41) is 11.4. The van der Waals surface area contributed by atoms with Crippen LogP contribution in [0.5, 0.6) is 0 Å². The van der Waals surface area contributed by atoms with Gasteiger partial charge in [0.05, 0.1) is 22.9 Å². The van der Waals surface area contributed by atoms with Crippen LogP contribution >= 0.6 is 23.5 Å². The maximum Gasteiger partial charge on any atom is 0.288 e. The van der Waals surface area contributed by atoms with Gasteiger partial charge in [-0.1, -0.05) is 35.7 Å². The van der Waals surface area contributed by atoms with Gasteiger partial charge in [-0.2, -0.15) is 8.78 Å². The minimum absolute atomic E-state index is 0.0351. The van der Waals surface area contributed by atoms with Crippen molar-refractivity contribution in [1.82, 2.24) is 14.8 Å². The normalized spacial score (nSPS) is 18.3. The predicted molar refractivity (Wildman–Crippen MR) is 109 cm³/mol. The maximum atomic E-state index is 12.6. The number of carbonyl (C=O) groups excluding carboxylic acids is 1. The molecule has 0 spiro atoms. The Morgan fingerprint density at radius 2 is 2.10 bits per heavy atom. The largest absolute Gasteiger partial charge is 0.324 e. The molecule has 1 aromatic heterocycles. The molecule has 0 bridgehead atoms. The Balaban J connectivity index is 1.55. The first-order chi connectivity index (χ1) is 13.7. The van der Waals surface area contributed by atoms with E-state index >= 15 is 0 Å². The van der Waals surface area contributed by atoms with Crippen molar-refractivity contribution in [3.05, 3.63) is 30.1 Å². The Kier molecular flexibility index (Phi) is 7.17. The molecule has 29 heavy (non-hydrogen) atoms. The highest BCUT2D eigenvalue weighted by molar-refractivity contribution is 8.00. The molecule has 1 N–H and O–H groups in total. The molecule has 1 fully saturated rings. The summed E-state index contributed by atoms with van der Waals surface area (Å²) >= 11 is 1.55. The van der Waals surface area contributed by atoms with E-state index in [1.54, 1.807) is 29.8 Å². The number of thioether (sulfide) groups is 2. The first-order valence-corrected chi connectivity index (χ1v) is 12.5. The monoisotopic (exact) mass is 462 g/mol. The van der Waals surface area contributed by atoms with Crippen LogP contribution in [0.4, 0.5) is 14.5 Å². The van der Waals surface area contributed by atoms with Gasteiger partial charge in [-0.3, -0.25) is 4.79 Å². The van der Waals surface area contributed by atoms with Gasteiger partial charge < -0.3 is 9.88 Å². The number of anilines is 1. The average molecular weight is 463 g/mol. The highest BCUT2D eigenvalue weighted by Crippen LogP contribution is 2.32. The van der Waals surface area contributed by atoms with E-state index in [1.165, 1.54) is 17.8 Å². The molecule has 2 aromatic rings. The number of amides is 1. The molecule has 1 aliphatic heterocycles. The van der Waals surface area contributed by atoms with Crippen molar-refractivity contribution < 1.29 is 22.0 Å². The number of para-hydroxylation sites is 1. The van der Waals surface area contributed by atoms with Crippen LogP contribution in [0.2, 0.25) is 0 Å². The molecule has 3 rings (SSSR count). The second kappa shape index (κ2) is 9.43. The number of nitrogens with one attached hydrogen (secondary N) is 1. The standard InChI is InChI=1S/C17H20F2N4O3S3/c1-23-14(8-11-6-7-29(25,26)10-11)21-22-17(23)27-9-15(24)20-12-4-2-3-5-13(12)28-16(18)19/h2-5,11,16H,6-10H2,1H3,(H,20,24). The average Bonchev–Trinajstić information content (AvgIpc) is 3.17. The smallest absolute Gasteiger partial charge is 0.288 e. The number of rotatable bonds is 8. The lowest BCUT2D eigenvalue weighted by Crippen LogP contribution is -2.15. The molecule has 1 atom stereocenters. The van der Waals surface area contributed by atoms with Gasteiger partial charge in [-0.05, 0) is 24.5 Å². The third-order valence-electron chi connectivity index (χ3n) is 4.43. The molecule has 1 aliphatic rings. The Morgan fingerprint density at radius 3 is 2.79 bits per heavy atom. The van der Waals surface area contributed by atoms with E-state index in [0.29, 0.717) is 46.2 Å². The van der Waals surface area contributed by atoms with E-state index in [0.717, 1.165) is 0 Å². The fourth-order valence-electron chi connectivity index (χ4n) is 3.02. The van der Waals surface area contributed by atoms with Gasteiger partial charge in [0, 0.05) is 18.4 Å². The van der Waals surface area contributed by atoms with Crippen molar-refractivity contribution in [2.75, 3.05) is 22.6 Å². The summed E-state index contributed by atoms with van der Waals surface area (Å²) in [7, 11) is -1.18. The number of benzene rings is 1. The zero-order valence-corrected chi connectivity index (χ0v) is 18.0. The number of halogens is 2. The second-order valence-electron chi connectivity index (χ2n) is 6.64. The van der Waals surface area contributed by atoms with Crippen LogP contribution in [0.3, 0.4) is 0 Å². The summed E-state index contributed by atoms with van der Waals surface area (Å²) in [5.41, 5.74) is 0.337. The molecule has 7 nitrogen and oxygen atoms in total. The van der Waals surface area contributed by atoms with Gasteiger partial charge in [-0.15, -0.1) is 10.2 Å². The van der Waals surface area contributed by atoms with Gasteiger partial charge in [-0.25, -0.2) is 8.42 Å². The SMILES string of the molecule is Cn1c(CC2CCS(=O)(=O)C2)nnc1SCC(=O)Nc1ccccc1SC(F)F. The van der Waals surface area contributed by atoms with Crippen LogP contribution in [0.1, 0.15) is 12.2 Å². The predicted octanol–water partition coefficient (Wildman–Crippen LogP) is 2.84. The van der Waals surface area contributed by atoms with E-state index in [-0.39, 0.29) is 29.1 Å². The van der Waals surface area contributed by atoms with Gasteiger partial charge in [0.1, 0.15) is 5.82 Å². The van der Waals surface area contributed by atoms with Crippen molar-refractivity contribution in [2.45, 2.75) is 28.7 Å². The molecule has 0 saturated carbocycles. The number of nitrogens with zero attached hydrogens (tertiary/aromatic N) is 3. The highest BCUT2D eigenvalue weighted by Gasteiger charge is 2.29. The minimum atomic E-state index is -2.95. The highest BCUT2D eigenvalue weighted by atomic mass is 32.2. The van der Waals surface area contributed by atoms with Crippen molar-refractivity contribution >= 4 is 45.0 Å². The molecule has 0 radical (unpaired) electrons. The number of aromatic nitrogens is 3. The van der Waals surface area contributed by atoms with E-state index in [9.17, 15) is 22.0 Å². The maximum absolute atomic E-state index is 12.6. The van der Waals surface area contributed by atoms with Gasteiger partial charge in [0.15, 0.2) is 15.0 Å². The summed E-state index contributed by atoms with van der Waals surface area (Å²) in [4.78, 5) is 12.5. The van der Waals surface area contributed by atoms with Crippen LogP contribution in [-0.2, 0) is 28.1 Å². The molecule has 158 valence electrons. The van der Waals surface area contributed by atoms with Crippen LogP contribution in [0, 0.1) is 5.92 Å². The van der Waals surface area contributed by atoms with E-state index < -0.39 is 15.6 Å². The fraction of sp³-hybridized carbons (Fsp3) is 0.471.